The number of anilines is 3. The second-order valence-corrected chi connectivity index (χ2v) is 5.05. The summed E-state index contributed by atoms with van der Waals surface area (Å²) in [6, 6.07) is 9.90. The molecule has 0 saturated heterocycles. The average molecular weight is 305 g/mol. The van der Waals surface area contributed by atoms with Gasteiger partial charge in [0.2, 0.25) is 0 Å². The number of carbonyl (C=O) groups excluding carboxylic acids is 1. The zero-order chi connectivity index (χ0) is 16.1. The molecule has 0 fully saturated rings. The van der Waals surface area contributed by atoms with Gasteiger partial charge in [0.05, 0.1) is 0 Å². The summed E-state index contributed by atoms with van der Waals surface area (Å²) in [7, 11) is 0. The highest BCUT2D eigenvalue weighted by Gasteiger charge is 2.08. The van der Waals surface area contributed by atoms with Crippen molar-refractivity contribution in [3.63, 3.8) is 0 Å². The first-order valence-corrected chi connectivity index (χ1v) is 6.84. The number of hydrogen-bond acceptors (Lipinski definition) is 2. The fourth-order valence-electron chi connectivity index (χ4n) is 1.83. The summed E-state index contributed by atoms with van der Waals surface area (Å²) in [6.45, 7) is 3.71. The van der Waals surface area contributed by atoms with Crippen molar-refractivity contribution in [2.45, 2.75) is 19.9 Å². The van der Waals surface area contributed by atoms with Gasteiger partial charge in [0, 0.05) is 17.4 Å². The van der Waals surface area contributed by atoms with Crippen LogP contribution in [-0.2, 0) is 0 Å². The standard InChI is InChI=1S/C16H17F2N3O/c1-10(2)19-16(22)21-12-8-6-11(7-9-12)20-15-13(17)4-3-5-14(15)18/h3-10,20H,1-2H3,(H2,19,21,22). The Balaban J connectivity index is 2.05. The van der Waals surface area contributed by atoms with E-state index in [0.29, 0.717) is 11.4 Å². The minimum atomic E-state index is -0.668. The number of hydrogen-bond donors (Lipinski definition) is 3. The van der Waals surface area contributed by atoms with E-state index in [1.54, 1.807) is 24.3 Å². The number of nitrogens with one attached hydrogen (secondary N) is 3. The van der Waals surface area contributed by atoms with Gasteiger partial charge in [-0.25, -0.2) is 13.6 Å². The molecule has 0 aliphatic rings. The van der Waals surface area contributed by atoms with Gasteiger partial charge in [0.25, 0.3) is 0 Å². The predicted molar refractivity (Wildman–Crippen MR) is 83.4 cm³/mol. The van der Waals surface area contributed by atoms with Crippen LogP contribution in [-0.4, -0.2) is 12.1 Å². The van der Waals surface area contributed by atoms with Gasteiger partial charge in [-0.15, -0.1) is 0 Å². The van der Waals surface area contributed by atoms with Crippen molar-refractivity contribution in [1.29, 1.82) is 0 Å². The van der Waals surface area contributed by atoms with Gasteiger partial charge in [-0.05, 0) is 50.2 Å². The molecule has 0 aliphatic heterocycles. The molecule has 6 heteroatoms. The van der Waals surface area contributed by atoms with E-state index in [9.17, 15) is 13.6 Å². The van der Waals surface area contributed by atoms with Gasteiger partial charge in [-0.3, -0.25) is 0 Å². The molecule has 4 nitrogen and oxygen atoms in total. The lowest BCUT2D eigenvalue weighted by molar-refractivity contribution is 0.250. The molecule has 0 saturated carbocycles. The minimum Gasteiger partial charge on any atom is -0.351 e. The van der Waals surface area contributed by atoms with Crippen molar-refractivity contribution < 1.29 is 13.6 Å². The molecular weight excluding hydrogens is 288 g/mol. The molecule has 0 atom stereocenters. The van der Waals surface area contributed by atoms with Crippen LogP contribution in [0.4, 0.5) is 30.6 Å². The van der Waals surface area contributed by atoms with Crippen molar-refractivity contribution in [2.24, 2.45) is 0 Å². The van der Waals surface area contributed by atoms with Crippen molar-refractivity contribution in [3.8, 4) is 0 Å². The number of para-hydroxylation sites is 1. The van der Waals surface area contributed by atoms with Crippen LogP contribution in [0.15, 0.2) is 42.5 Å². The molecule has 2 rings (SSSR count). The van der Waals surface area contributed by atoms with Gasteiger partial charge in [0.1, 0.15) is 17.3 Å². The summed E-state index contributed by atoms with van der Waals surface area (Å²) in [6.07, 6.45) is 0. The van der Waals surface area contributed by atoms with E-state index in [4.69, 9.17) is 0 Å². The lowest BCUT2D eigenvalue weighted by atomic mass is 10.2. The summed E-state index contributed by atoms with van der Waals surface area (Å²) < 4.78 is 27.1. The highest BCUT2D eigenvalue weighted by Crippen LogP contribution is 2.24. The maximum atomic E-state index is 13.5. The second-order valence-electron chi connectivity index (χ2n) is 5.05. The fourth-order valence-corrected chi connectivity index (χ4v) is 1.83. The van der Waals surface area contributed by atoms with Gasteiger partial charge < -0.3 is 16.0 Å². The number of carbonyl (C=O) groups is 1. The third kappa shape index (κ3) is 4.18. The first-order chi connectivity index (χ1) is 10.5. The molecule has 116 valence electrons. The molecule has 0 bridgehead atoms. The Labute approximate surface area is 127 Å². The Bertz CT molecular complexity index is 637. The molecule has 0 aliphatic carbocycles. The quantitative estimate of drug-likeness (QED) is 0.791. The fraction of sp³-hybridized carbons (Fsp3) is 0.188. The largest absolute Gasteiger partial charge is 0.351 e. The van der Waals surface area contributed by atoms with Gasteiger partial charge in [-0.2, -0.15) is 0 Å². The monoisotopic (exact) mass is 305 g/mol. The molecule has 2 aromatic carbocycles. The number of rotatable bonds is 4. The molecule has 0 heterocycles. The molecule has 0 unspecified atom stereocenters. The van der Waals surface area contributed by atoms with Crippen LogP contribution in [0.5, 0.6) is 0 Å². The van der Waals surface area contributed by atoms with Crippen LogP contribution in [0, 0.1) is 11.6 Å². The molecule has 0 aromatic heterocycles. The summed E-state index contributed by atoms with van der Waals surface area (Å²) in [5.41, 5.74) is 0.886. The van der Waals surface area contributed by atoms with E-state index in [2.05, 4.69) is 16.0 Å². The maximum Gasteiger partial charge on any atom is 0.319 e. The lowest BCUT2D eigenvalue weighted by Crippen LogP contribution is -2.34. The van der Waals surface area contributed by atoms with Gasteiger partial charge in [-0.1, -0.05) is 6.07 Å². The van der Waals surface area contributed by atoms with Gasteiger partial charge in [0.15, 0.2) is 0 Å². The zero-order valence-corrected chi connectivity index (χ0v) is 12.3. The van der Waals surface area contributed by atoms with Crippen molar-refractivity contribution >= 4 is 23.1 Å². The van der Waals surface area contributed by atoms with Crippen LogP contribution in [0.2, 0.25) is 0 Å². The van der Waals surface area contributed by atoms with E-state index in [-0.39, 0.29) is 17.8 Å². The molecule has 2 aromatic rings. The van der Waals surface area contributed by atoms with Crippen LogP contribution in [0.1, 0.15) is 13.8 Å². The first-order valence-electron chi connectivity index (χ1n) is 6.84. The van der Waals surface area contributed by atoms with Crippen LogP contribution in [0.3, 0.4) is 0 Å². The van der Waals surface area contributed by atoms with E-state index in [1.807, 2.05) is 13.8 Å². The Kier molecular flexibility index (Phi) is 4.93. The van der Waals surface area contributed by atoms with E-state index < -0.39 is 11.6 Å². The van der Waals surface area contributed by atoms with Crippen molar-refractivity contribution in [3.05, 3.63) is 54.1 Å². The predicted octanol–water partition coefficient (Wildman–Crippen LogP) is 4.24. The Morgan fingerprint density at radius 1 is 0.955 bits per heavy atom. The molecule has 2 amide bonds. The normalized spacial score (nSPS) is 10.4. The molecule has 0 radical (unpaired) electrons. The van der Waals surface area contributed by atoms with E-state index in [1.165, 1.54) is 18.2 Å². The maximum absolute atomic E-state index is 13.5. The van der Waals surface area contributed by atoms with Crippen LogP contribution < -0.4 is 16.0 Å². The lowest BCUT2D eigenvalue weighted by Gasteiger charge is -2.12. The third-order valence-electron chi connectivity index (χ3n) is 2.79. The zero-order valence-electron chi connectivity index (χ0n) is 12.3. The molecule has 3 N–H and O–H groups in total. The molecule has 22 heavy (non-hydrogen) atoms. The second kappa shape index (κ2) is 6.89. The highest BCUT2D eigenvalue weighted by atomic mass is 19.1. The SMILES string of the molecule is CC(C)NC(=O)Nc1ccc(Nc2c(F)cccc2F)cc1. The Hall–Kier alpha value is -2.63. The topological polar surface area (TPSA) is 53.2 Å². The summed E-state index contributed by atoms with van der Waals surface area (Å²) in [4.78, 5) is 11.6. The van der Waals surface area contributed by atoms with Crippen LogP contribution >= 0.6 is 0 Å². The highest BCUT2D eigenvalue weighted by molar-refractivity contribution is 5.89. The average Bonchev–Trinajstić information content (AvgIpc) is 2.44. The summed E-state index contributed by atoms with van der Waals surface area (Å²) in [5, 5.41) is 8.03. The number of halogens is 2. The Morgan fingerprint density at radius 3 is 2.05 bits per heavy atom. The first kappa shape index (κ1) is 15.8. The number of amides is 2. The van der Waals surface area contributed by atoms with E-state index >= 15 is 0 Å². The smallest absolute Gasteiger partial charge is 0.319 e. The minimum absolute atomic E-state index is 0.0324. The van der Waals surface area contributed by atoms with Crippen molar-refractivity contribution in [2.75, 3.05) is 10.6 Å². The van der Waals surface area contributed by atoms with E-state index in [0.717, 1.165) is 0 Å². The van der Waals surface area contributed by atoms with Gasteiger partial charge >= 0.3 is 6.03 Å². The number of benzene rings is 2. The number of urea groups is 1. The summed E-state index contributed by atoms with van der Waals surface area (Å²) in [5.74, 6) is -1.34. The van der Waals surface area contributed by atoms with Crippen LogP contribution in [0.25, 0.3) is 0 Å². The summed E-state index contributed by atoms with van der Waals surface area (Å²) >= 11 is 0. The third-order valence-corrected chi connectivity index (χ3v) is 2.79. The molecular formula is C16H17F2N3O. The Morgan fingerprint density at radius 2 is 1.50 bits per heavy atom. The van der Waals surface area contributed by atoms with Crippen molar-refractivity contribution in [1.82, 2.24) is 5.32 Å². The molecule has 0 spiro atoms.